The van der Waals surface area contributed by atoms with Gasteiger partial charge in [0, 0.05) is 31.6 Å². The highest BCUT2D eigenvalue weighted by Crippen LogP contribution is 2.23. The van der Waals surface area contributed by atoms with Gasteiger partial charge in [-0.1, -0.05) is 32.5 Å². The first-order chi connectivity index (χ1) is 10.9. The maximum Gasteiger partial charge on any atom is 0.228 e. The van der Waals surface area contributed by atoms with Gasteiger partial charge in [0.25, 0.3) is 0 Å². The van der Waals surface area contributed by atoms with Crippen molar-refractivity contribution < 1.29 is 4.79 Å². The van der Waals surface area contributed by atoms with Gasteiger partial charge in [0.1, 0.15) is 11.6 Å². The first kappa shape index (κ1) is 17.5. The van der Waals surface area contributed by atoms with E-state index in [0.717, 1.165) is 19.5 Å². The highest BCUT2D eigenvalue weighted by molar-refractivity contribution is 7.98. The molecule has 0 aliphatic carbocycles. The van der Waals surface area contributed by atoms with Crippen LogP contribution in [0.3, 0.4) is 0 Å². The van der Waals surface area contributed by atoms with Crippen LogP contribution in [0.2, 0.25) is 0 Å². The molecule has 2 heterocycles. The molecule has 1 amide bonds. The van der Waals surface area contributed by atoms with E-state index in [4.69, 9.17) is 0 Å². The van der Waals surface area contributed by atoms with Crippen molar-refractivity contribution in [2.24, 2.45) is 5.41 Å². The van der Waals surface area contributed by atoms with Gasteiger partial charge in [-0.2, -0.15) is 5.26 Å². The molecule has 6 nitrogen and oxygen atoms in total. The number of amides is 1. The van der Waals surface area contributed by atoms with Crippen LogP contribution >= 0.6 is 11.8 Å². The summed E-state index contributed by atoms with van der Waals surface area (Å²) in [6.45, 7) is 8.70. The summed E-state index contributed by atoms with van der Waals surface area (Å²) in [5.41, 5.74) is 0.117. The number of nitriles is 1. The Morgan fingerprint density at radius 2 is 2.04 bits per heavy atom. The first-order valence-corrected chi connectivity index (χ1v) is 8.94. The lowest BCUT2D eigenvalue weighted by Gasteiger charge is -2.28. The molecule has 1 aliphatic rings. The van der Waals surface area contributed by atoms with Crippen molar-refractivity contribution in [1.29, 1.82) is 5.26 Å². The van der Waals surface area contributed by atoms with Gasteiger partial charge in [-0.3, -0.25) is 4.79 Å². The maximum atomic E-state index is 12.5. The normalized spacial score (nSPS) is 16.0. The summed E-state index contributed by atoms with van der Waals surface area (Å²) < 4.78 is 0. The third-order valence-corrected chi connectivity index (χ3v) is 4.34. The number of carbonyl (C=O) groups is 1. The third-order valence-electron chi connectivity index (χ3n) is 3.77. The highest BCUT2D eigenvalue weighted by atomic mass is 32.2. The molecule has 124 valence electrons. The van der Waals surface area contributed by atoms with Gasteiger partial charge >= 0.3 is 0 Å². The summed E-state index contributed by atoms with van der Waals surface area (Å²) in [7, 11) is 0. The number of rotatable bonds is 2. The van der Waals surface area contributed by atoms with Crippen molar-refractivity contribution in [3.8, 4) is 6.07 Å². The van der Waals surface area contributed by atoms with Crippen molar-refractivity contribution in [1.82, 2.24) is 14.9 Å². The molecule has 0 unspecified atom stereocenters. The lowest BCUT2D eigenvalue weighted by Crippen LogP contribution is -2.41. The molecule has 0 aromatic carbocycles. The Labute approximate surface area is 141 Å². The fraction of sp³-hybridized carbons (Fsp3) is 0.625. The number of nitrogens with zero attached hydrogens (tertiary/aromatic N) is 5. The van der Waals surface area contributed by atoms with E-state index in [1.165, 1.54) is 11.8 Å². The Morgan fingerprint density at radius 3 is 2.65 bits per heavy atom. The van der Waals surface area contributed by atoms with Crippen LogP contribution in [0, 0.1) is 16.7 Å². The average molecular weight is 333 g/mol. The molecular formula is C16H23N5OS. The quantitative estimate of drug-likeness (QED) is 0.610. The Morgan fingerprint density at radius 1 is 1.30 bits per heavy atom. The molecule has 7 heteroatoms. The number of hydrogen-bond donors (Lipinski definition) is 0. The molecule has 0 bridgehead atoms. The lowest BCUT2D eigenvalue weighted by molar-refractivity contribution is -0.139. The minimum atomic E-state index is -0.367. The second-order valence-electron chi connectivity index (χ2n) is 6.59. The molecule has 0 spiro atoms. The standard InChI is InChI=1S/C16H23N5OS/c1-16(2,3)14(22)21-7-5-6-20(8-9-21)13-12(10-17)11-18-15(19-13)23-4/h11H,5-9H2,1-4H3. The van der Waals surface area contributed by atoms with Crippen LogP contribution in [-0.2, 0) is 4.79 Å². The number of anilines is 1. The van der Waals surface area contributed by atoms with E-state index < -0.39 is 0 Å². The lowest BCUT2D eigenvalue weighted by atomic mass is 9.94. The van der Waals surface area contributed by atoms with Gasteiger partial charge < -0.3 is 9.80 Å². The van der Waals surface area contributed by atoms with Crippen LogP contribution < -0.4 is 4.90 Å². The summed E-state index contributed by atoms with van der Waals surface area (Å²) in [5.74, 6) is 0.851. The van der Waals surface area contributed by atoms with Crippen LogP contribution in [0.5, 0.6) is 0 Å². The summed E-state index contributed by atoms with van der Waals surface area (Å²) in [5, 5.41) is 9.96. The Bertz CT molecular complexity index is 620. The zero-order chi connectivity index (χ0) is 17.0. The first-order valence-electron chi connectivity index (χ1n) is 7.72. The van der Waals surface area contributed by atoms with E-state index in [9.17, 15) is 10.1 Å². The molecule has 1 fully saturated rings. The highest BCUT2D eigenvalue weighted by Gasteiger charge is 2.29. The minimum absolute atomic E-state index is 0.173. The zero-order valence-corrected chi connectivity index (χ0v) is 15.0. The van der Waals surface area contributed by atoms with E-state index in [1.54, 1.807) is 6.20 Å². The molecule has 2 rings (SSSR count). The average Bonchev–Trinajstić information content (AvgIpc) is 2.78. The van der Waals surface area contributed by atoms with Gasteiger partial charge in [-0.05, 0) is 12.7 Å². The van der Waals surface area contributed by atoms with Gasteiger partial charge in [-0.25, -0.2) is 9.97 Å². The predicted molar refractivity (Wildman–Crippen MR) is 91.4 cm³/mol. The van der Waals surface area contributed by atoms with E-state index in [1.807, 2.05) is 31.9 Å². The smallest absolute Gasteiger partial charge is 0.228 e. The molecule has 1 aromatic heterocycles. The monoisotopic (exact) mass is 333 g/mol. The molecule has 1 aliphatic heterocycles. The molecular weight excluding hydrogens is 310 g/mol. The summed E-state index contributed by atoms with van der Waals surface area (Å²) in [6, 6.07) is 2.17. The van der Waals surface area contributed by atoms with Crippen molar-refractivity contribution in [2.45, 2.75) is 32.3 Å². The predicted octanol–water partition coefficient (Wildman–Crippen LogP) is 2.15. The number of hydrogen-bond acceptors (Lipinski definition) is 6. The van der Waals surface area contributed by atoms with Gasteiger partial charge in [0.2, 0.25) is 5.91 Å². The largest absolute Gasteiger partial charge is 0.354 e. The van der Waals surface area contributed by atoms with Gasteiger partial charge in [0.05, 0.1) is 6.20 Å². The van der Waals surface area contributed by atoms with E-state index in [2.05, 4.69) is 20.9 Å². The molecule has 0 radical (unpaired) electrons. The number of aromatic nitrogens is 2. The van der Waals surface area contributed by atoms with Crippen LogP contribution in [0.1, 0.15) is 32.8 Å². The molecule has 1 saturated heterocycles. The molecule has 0 N–H and O–H groups in total. The number of thioether (sulfide) groups is 1. The fourth-order valence-corrected chi connectivity index (χ4v) is 2.92. The SMILES string of the molecule is CSc1ncc(C#N)c(N2CCCN(C(=O)C(C)(C)C)CC2)n1. The second kappa shape index (κ2) is 7.18. The van der Waals surface area contributed by atoms with Crippen molar-refractivity contribution >= 4 is 23.5 Å². The zero-order valence-electron chi connectivity index (χ0n) is 14.2. The van der Waals surface area contributed by atoms with E-state index in [0.29, 0.717) is 29.6 Å². The molecule has 0 saturated carbocycles. The Balaban J connectivity index is 2.18. The summed E-state index contributed by atoms with van der Waals surface area (Å²) in [4.78, 5) is 25.1. The third kappa shape index (κ3) is 4.14. The minimum Gasteiger partial charge on any atom is -0.354 e. The van der Waals surface area contributed by atoms with E-state index >= 15 is 0 Å². The summed E-state index contributed by atoms with van der Waals surface area (Å²) >= 11 is 1.46. The summed E-state index contributed by atoms with van der Waals surface area (Å²) in [6.07, 6.45) is 4.36. The maximum absolute atomic E-state index is 12.5. The molecule has 23 heavy (non-hydrogen) atoms. The van der Waals surface area contributed by atoms with Crippen molar-refractivity contribution in [3.63, 3.8) is 0 Å². The van der Waals surface area contributed by atoms with Crippen molar-refractivity contribution in [3.05, 3.63) is 11.8 Å². The molecule has 0 atom stereocenters. The van der Waals surface area contributed by atoms with Crippen LogP contribution in [0.25, 0.3) is 0 Å². The fourth-order valence-electron chi connectivity index (χ4n) is 2.58. The Kier molecular flexibility index (Phi) is 5.47. The Hall–Kier alpha value is -1.81. The molecule has 1 aromatic rings. The second-order valence-corrected chi connectivity index (χ2v) is 7.36. The van der Waals surface area contributed by atoms with Gasteiger partial charge in [-0.15, -0.1) is 0 Å². The van der Waals surface area contributed by atoms with Gasteiger partial charge in [0.15, 0.2) is 11.0 Å². The van der Waals surface area contributed by atoms with E-state index in [-0.39, 0.29) is 11.3 Å². The topological polar surface area (TPSA) is 73.1 Å². The van der Waals surface area contributed by atoms with Crippen LogP contribution in [0.4, 0.5) is 5.82 Å². The van der Waals surface area contributed by atoms with Crippen molar-refractivity contribution in [2.75, 3.05) is 37.3 Å². The van der Waals surface area contributed by atoms with Crippen LogP contribution in [-0.4, -0.2) is 53.2 Å². The van der Waals surface area contributed by atoms with Crippen LogP contribution in [0.15, 0.2) is 11.4 Å². The number of carbonyl (C=O) groups excluding carboxylic acids is 1.